The summed E-state index contributed by atoms with van der Waals surface area (Å²) in [5, 5.41) is 23.1. The zero-order chi connectivity index (χ0) is 38.7. The second kappa shape index (κ2) is 43.3. The molecule has 0 aromatic heterocycles. The highest BCUT2D eigenvalue weighted by Crippen LogP contribution is 2.16. The van der Waals surface area contributed by atoms with Crippen LogP contribution in [0.1, 0.15) is 251 Å². The third-order valence-corrected chi connectivity index (χ3v) is 10.8. The molecule has 0 saturated heterocycles. The van der Waals surface area contributed by atoms with E-state index in [0.29, 0.717) is 25.9 Å². The van der Waals surface area contributed by atoms with Gasteiger partial charge in [0.15, 0.2) is 0 Å². The molecular weight excluding hydrogens is 659 g/mol. The van der Waals surface area contributed by atoms with Gasteiger partial charge in [0.25, 0.3) is 0 Å². The van der Waals surface area contributed by atoms with Gasteiger partial charge in [-0.3, -0.25) is 9.59 Å². The van der Waals surface area contributed by atoms with Crippen LogP contribution in [-0.4, -0.2) is 47.4 Å². The molecule has 2 atom stereocenters. The van der Waals surface area contributed by atoms with Gasteiger partial charge in [-0.1, -0.05) is 199 Å². The molecule has 0 aromatic carbocycles. The Morgan fingerprint density at radius 3 is 1.38 bits per heavy atom. The van der Waals surface area contributed by atoms with Gasteiger partial charge in [-0.05, 0) is 51.4 Å². The molecule has 0 spiro atoms. The van der Waals surface area contributed by atoms with Crippen molar-refractivity contribution in [3.05, 3.63) is 12.2 Å². The Labute approximate surface area is 329 Å². The lowest BCUT2D eigenvalue weighted by atomic mass is 10.0. The maximum atomic E-state index is 12.4. The summed E-state index contributed by atoms with van der Waals surface area (Å²) in [6.07, 6.45) is 47.3. The monoisotopic (exact) mass is 750 g/mol. The van der Waals surface area contributed by atoms with E-state index in [9.17, 15) is 19.8 Å². The van der Waals surface area contributed by atoms with Gasteiger partial charge in [-0.2, -0.15) is 0 Å². The van der Waals surface area contributed by atoms with E-state index in [-0.39, 0.29) is 18.5 Å². The number of allylic oxidation sites excluding steroid dienone is 2. The Balaban J connectivity index is 3.50. The van der Waals surface area contributed by atoms with Crippen molar-refractivity contribution in [3.8, 4) is 0 Å². The highest BCUT2D eigenvalue weighted by atomic mass is 16.5. The van der Waals surface area contributed by atoms with E-state index >= 15 is 0 Å². The van der Waals surface area contributed by atoms with Crippen LogP contribution in [0.5, 0.6) is 0 Å². The lowest BCUT2D eigenvalue weighted by Gasteiger charge is -2.22. The number of carbonyl (C=O) groups is 2. The summed E-state index contributed by atoms with van der Waals surface area (Å²) in [4.78, 5) is 24.4. The van der Waals surface area contributed by atoms with E-state index in [1.54, 1.807) is 0 Å². The Morgan fingerprint density at radius 2 is 0.887 bits per heavy atom. The van der Waals surface area contributed by atoms with Crippen LogP contribution in [0.2, 0.25) is 0 Å². The van der Waals surface area contributed by atoms with Crippen LogP contribution in [-0.2, 0) is 14.3 Å². The predicted octanol–water partition coefficient (Wildman–Crippen LogP) is 13.4. The predicted molar refractivity (Wildman–Crippen MR) is 227 cm³/mol. The molecule has 0 saturated carbocycles. The Bertz CT molecular complexity index is 787. The average molecular weight is 750 g/mol. The van der Waals surface area contributed by atoms with Crippen LogP contribution in [0.3, 0.4) is 0 Å². The Kier molecular flexibility index (Phi) is 42.2. The van der Waals surface area contributed by atoms with Gasteiger partial charge < -0.3 is 20.3 Å². The van der Waals surface area contributed by atoms with Crippen molar-refractivity contribution >= 4 is 11.9 Å². The van der Waals surface area contributed by atoms with Crippen molar-refractivity contribution < 1.29 is 24.5 Å². The third kappa shape index (κ3) is 40.1. The SMILES string of the molecule is CCCCC/C=C\CCCCCCCC(=O)OCCCCCCCCCCCCC(=O)NC(CO)C(O)CCCCCCCCCCCCCCCC. The molecule has 2 unspecified atom stereocenters. The summed E-state index contributed by atoms with van der Waals surface area (Å²) in [6.45, 7) is 4.87. The molecule has 3 N–H and O–H groups in total. The lowest BCUT2D eigenvalue weighted by Crippen LogP contribution is -2.45. The van der Waals surface area contributed by atoms with Crippen molar-refractivity contribution in [2.24, 2.45) is 0 Å². The third-order valence-electron chi connectivity index (χ3n) is 10.8. The summed E-state index contributed by atoms with van der Waals surface area (Å²) in [6, 6.07) is -0.557. The van der Waals surface area contributed by atoms with Crippen molar-refractivity contribution in [1.29, 1.82) is 0 Å². The second-order valence-electron chi connectivity index (χ2n) is 16.1. The number of hydrogen-bond donors (Lipinski definition) is 3. The first kappa shape index (κ1) is 51.6. The molecule has 0 heterocycles. The number of carbonyl (C=O) groups excluding carboxylic acids is 2. The van der Waals surface area contributed by atoms with Crippen LogP contribution in [0.15, 0.2) is 12.2 Å². The summed E-state index contributed by atoms with van der Waals surface area (Å²) < 4.78 is 5.43. The molecule has 0 bridgehead atoms. The van der Waals surface area contributed by atoms with Crippen molar-refractivity contribution in [1.82, 2.24) is 5.32 Å². The second-order valence-corrected chi connectivity index (χ2v) is 16.1. The van der Waals surface area contributed by atoms with Crippen molar-refractivity contribution in [2.75, 3.05) is 13.2 Å². The molecule has 0 radical (unpaired) electrons. The number of aliphatic hydroxyl groups excluding tert-OH is 2. The number of unbranched alkanes of at least 4 members (excludes halogenated alkanes) is 30. The number of aliphatic hydroxyl groups is 2. The maximum Gasteiger partial charge on any atom is 0.305 e. The first-order valence-corrected chi connectivity index (χ1v) is 23.4. The van der Waals surface area contributed by atoms with Crippen LogP contribution in [0.4, 0.5) is 0 Å². The summed E-state index contributed by atoms with van der Waals surface area (Å²) in [5.41, 5.74) is 0. The molecule has 1 amide bonds. The molecule has 6 heteroatoms. The molecule has 0 fully saturated rings. The number of nitrogens with one attached hydrogen (secondary N) is 1. The van der Waals surface area contributed by atoms with Gasteiger partial charge in [0, 0.05) is 12.8 Å². The quantitative estimate of drug-likeness (QED) is 0.0328. The fraction of sp³-hybridized carbons (Fsp3) is 0.915. The zero-order valence-corrected chi connectivity index (χ0v) is 35.5. The highest BCUT2D eigenvalue weighted by molar-refractivity contribution is 5.76. The molecule has 0 aliphatic rings. The number of hydrogen-bond acceptors (Lipinski definition) is 5. The van der Waals surface area contributed by atoms with Crippen LogP contribution in [0.25, 0.3) is 0 Å². The molecule has 0 rings (SSSR count). The van der Waals surface area contributed by atoms with E-state index < -0.39 is 12.1 Å². The normalized spacial score (nSPS) is 12.8. The minimum atomic E-state index is -0.677. The molecule has 6 nitrogen and oxygen atoms in total. The lowest BCUT2D eigenvalue weighted by molar-refractivity contribution is -0.143. The van der Waals surface area contributed by atoms with E-state index in [1.165, 1.54) is 161 Å². The minimum absolute atomic E-state index is 0.0290. The van der Waals surface area contributed by atoms with Crippen LogP contribution in [0, 0.1) is 0 Å². The van der Waals surface area contributed by atoms with E-state index in [4.69, 9.17) is 4.74 Å². The van der Waals surface area contributed by atoms with E-state index in [0.717, 1.165) is 57.8 Å². The topological polar surface area (TPSA) is 95.9 Å². The first-order chi connectivity index (χ1) is 26.0. The summed E-state index contributed by atoms with van der Waals surface area (Å²) in [7, 11) is 0. The van der Waals surface area contributed by atoms with Gasteiger partial charge >= 0.3 is 5.97 Å². The number of amides is 1. The minimum Gasteiger partial charge on any atom is -0.466 e. The van der Waals surface area contributed by atoms with Gasteiger partial charge in [-0.15, -0.1) is 0 Å². The fourth-order valence-electron chi connectivity index (χ4n) is 7.16. The van der Waals surface area contributed by atoms with Crippen molar-refractivity contribution in [2.45, 2.75) is 264 Å². The van der Waals surface area contributed by atoms with Gasteiger partial charge in [0.2, 0.25) is 5.91 Å². The largest absolute Gasteiger partial charge is 0.466 e. The van der Waals surface area contributed by atoms with Crippen LogP contribution < -0.4 is 5.32 Å². The first-order valence-electron chi connectivity index (χ1n) is 23.4. The summed E-state index contributed by atoms with van der Waals surface area (Å²) >= 11 is 0. The van der Waals surface area contributed by atoms with E-state index in [1.807, 2.05) is 0 Å². The zero-order valence-electron chi connectivity index (χ0n) is 35.5. The van der Waals surface area contributed by atoms with Crippen molar-refractivity contribution in [3.63, 3.8) is 0 Å². The molecule has 0 aliphatic carbocycles. The highest BCUT2D eigenvalue weighted by Gasteiger charge is 2.20. The molecular formula is C47H91NO5. The number of esters is 1. The van der Waals surface area contributed by atoms with Gasteiger partial charge in [0.1, 0.15) is 0 Å². The standard InChI is InChI=1S/C47H91NO5/c1-3-5-7-9-11-13-15-17-18-19-23-27-31-35-39-45(50)44(43-49)48-46(51)40-36-32-28-24-21-22-26-30-34-38-42-53-47(52)41-37-33-29-25-20-16-14-12-10-8-6-4-2/h12,14,44-45,49-50H,3-11,13,15-43H2,1-2H3,(H,48,51)/b14-12-. The average Bonchev–Trinajstić information content (AvgIpc) is 3.16. The van der Waals surface area contributed by atoms with E-state index in [2.05, 4.69) is 31.3 Å². The van der Waals surface area contributed by atoms with Crippen LogP contribution >= 0.6 is 0 Å². The fourth-order valence-corrected chi connectivity index (χ4v) is 7.16. The Hall–Kier alpha value is -1.40. The Morgan fingerprint density at radius 1 is 0.509 bits per heavy atom. The number of ether oxygens (including phenoxy) is 1. The molecule has 0 aliphatic heterocycles. The number of rotatable bonds is 43. The maximum absolute atomic E-state index is 12.4. The smallest absolute Gasteiger partial charge is 0.305 e. The molecule has 0 aromatic rings. The van der Waals surface area contributed by atoms with Gasteiger partial charge in [-0.25, -0.2) is 0 Å². The van der Waals surface area contributed by atoms with Gasteiger partial charge in [0.05, 0.1) is 25.4 Å². The molecule has 53 heavy (non-hydrogen) atoms. The summed E-state index contributed by atoms with van der Waals surface area (Å²) in [5.74, 6) is -0.0872. The molecule has 314 valence electrons.